The molecule has 3 aromatic heterocycles. The van der Waals surface area contributed by atoms with E-state index in [1.54, 1.807) is 24.5 Å². The average Bonchev–Trinajstić information content (AvgIpc) is 3.58. The maximum absolute atomic E-state index is 13.1. The van der Waals surface area contributed by atoms with Crippen molar-refractivity contribution in [2.75, 3.05) is 0 Å². The van der Waals surface area contributed by atoms with Crippen molar-refractivity contribution in [3.63, 3.8) is 0 Å². The number of hydrogen-bond donors (Lipinski definition) is 1. The molecule has 1 amide bonds. The third-order valence-electron chi connectivity index (χ3n) is 5.67. The Bertz CT molecular complexity index is 1450. The van der Waals surface area contributed by atoms with Gasteiger partial charge in [0.15, 0.2) is 0 Å². The molecule has 7 nitrogen and oxygen atoms in total. The van der Waals surface area contributed by atoms with E-state index in [2.05, 4.69) is 50.9 Å². The number of hydrogen-bond acceptors (Lipinski definition) is 6. The Morgan fingerprint density at radius 1 is 1.03 bits per heavy atom. The molecule has 0 atom stereocenters. The van der Waals surface area contributed by atoms with Crippen LogP contribution in [-0.4, -0.2) is 25.8 Å². The summed E-state index contributed by atoms with van der Waals surface area (Å²) in [5.74, 6) is 1.18. The molecule has 0 aliphatic rings. The van der Waals surface area contributed by atoms with Crippen LogP contribution in [0.1, 0.15) is 32.9 Å². The molecule has 180 valence electrons. The summed E-state index contributed by atoms with van der Waals surface area (Å²) in [5, 5.41) is 12.0. The minimum absolute atomic E-state index is 0.161. The van der Waals surface area contributed by atoms with Crippen LogP contribution in [0.5, 0.6) is 0 Å². The molecule has 0 saturated carbocycles. The number of nitrogens with one attached hydrogen (secondary N) is 1. The van der Waals surface area contributed by atoms with Crippen molar-refractivity contribution in [3.8, 4) is 11.1 Å². The Morgan fingerprint density at radius 2 is 1.89 bits per heavy atom. The third-order valence-corrected chi connectivity index (χ3v) is 6.71. The van der Waals surface area contributed by atoms with Crippen LogP contribution in [0.4, 0.5) is 0 Å². The van der Waals surface area contributed by atoms with E-state index < -0.39 is 0 Å². The van der Waals surface area contributed by atoms with Gasteiger partial charge in [-0.15, -0.1) is 0 Å². The van der Waals surface area contributed by atoms with Crippen molar-refractivity contribution >= 4 is 17.7 Å². The molecule has 0 aliphatic heterocycles. The molecule has 0 aliphatic carbocycles. The highest BCUT2D eigenvalue weighted by atomic mass is 32.2. The van der Waals surface area contributed by atoms with Gasteiger partial charge in [0.1, 0.15) is 10.8 Å². The van der Waals surface area contributed by atoms with Crippen molar-refractivity contribution < 1.29 is 9.32 Å². The molecule has 8 heteroatoms. The van der Waals surface area contributed by atoms with Crippen LogP contribution in [0.3, 0.4) is 0 Å². The summed E-state index contributed by atoms with van der Waals surface area (Å²) >= 11 is 1.47. The SMILES string of the molecule is Cc1cc(CSc2ncccc2C(=O)NCc2ccccc2-c2ccc(Cn3cccn3)cc2)no1. The number of pyridine rings is 1. The molecular formula is C28H25N5O2S. The van der Waals surface area contributed by atoms with E-state index in [9.17, 15) is 4.79 Å². The zero-order chi connectivity index (χ0) is 24.7. The first kappa shape index (κ1) is 23.6. The van der Waals surface area contributed by atoms with Crippen LogP contribution < -0.4 is 5.32 Å². The van der Waals surface area contributed by atoms with Gasteiger partial charge in [0.05, 0.1) is 17.8 Å². The molecule has 0 spiro atoms. The fraction of sp³-hybridized carbons (Fsp3) is 0.143. The maximum Gasteiger partial charge on any atom is 0.254 e. The number of carbonyl (C=O) groups is 1. The highest BCUT2D eigenvalue weighted by Gasteiger charge is 2.14. The number of aryl methyl sites for hydroxylation is 1. The highest BCUT2D eigenvalue weighted by Crippen LogP contribution is 2.26. The van der Waals surface area contributed by atoms with Gasteiger partial charge in [-0.1, -0.05) is 65.4 Å². The maximum atomic E-state index is 13.1. The average molecular weight is 496 g/mol. The van der Waals surface area contributed by atoms with E-state index in [0.717, 1.165) is 34.7 Å². The van der Waals surface area contributed by atoms with E-state index in [4.69, 9.17) is 4.52 Å². The molecule has 0 fully saturated rings. The minimum Gasteiger partial charge on any atom is -0.361 e. The lowest BCUT2D eigenvalue weighted by Crippen LogP contribution is -2.24. The van der Waals surface area contributed by atoms with Crippen molar-refractivity contribution in [2.45, 2.75) is 30.8 Å². The van der Waals surface area contributed by atoms with Gasteiger partial charge >= 0.3 is 0 Å². The van der Waals surface area contributed by atoms with Crippen LogP contribution in [0.2, 0.25) is 0 Å². The first-order chi connectivity index (χ1) is 17.7. The van der Waals surface area contributed by atoms with Crippen LogP contribution in [-0.2, 0) is 18.8 Å². The zero-order valence-corrected chi connectivity index (χ0v) is 20.6. The predicted octanol–water partition coefficient (Wildman–Crippen LogP) is 5.51. The normalized spacial score (nSPS) is 10.9. The highest BCUT2D eigenvalue weighted by molar-refractivity contribution is 7.98. The van der Waals surface area contributed by atoms with Gasteiger partial charge in [0.2, 0.25) is 0 Å². The summed E-state index contributed by atoms with van der Waals surface area (Å²) in [7, 11) is 0. The number of thioether (sulfide) groups is 1. The number of aromatic nitrogens is 4. The molecule has 0 saturated heterocycles. The van der Waals surface area contributed by atoms with Gasteiger partial charge in [0, 0.05) is 37.0 Å². The molecule has 0 radical (unpaired) electrons. The van der Waals surface area contributed by atoms with Gasteiger partial charge in [-0.05, 0) is 47.4 Å². The van der Waals surface area contributed by atoms with Gasteiger partial charge in [-0.3, -0.25) is 9.48 Å². The van der Waals surface area contributed by atoms with E-state index in [-0.39, 0.29) is 5.91 Å². The summed E-state index contributed by atoms with van der Waals surface area (Å²) in [4.78, 5) is 17.5. The van der Waals surface area contributed by atoms with Gasteiger partial charge in [-0.2, -0.15) is 5.10 Å². The molecule has 5 aromatic rings. The molecule has 2 aromatic carbocycles. The number of carbonyl (C=O) groups excluding carboxylic acids is 1. The lowest BCUT2D eigenvalue weighted by molar-refractivity contribution is 0.0947. The fourth-order valence-electron chi connectivity index (χ4n) is 3.90. The van der Waals surface area contributed by atoms with Crippen LogP contribution in [0.25, 0.3) is 11.1 Å². The Kier molecular flexibility index (Phi) is 7.23. The molecule has 1 N–H and O–H groups in total. The smallest absolute Gasteiger partial charge is 0.254 e. The Morgan fingerprint density at radius 3 is 2.67 bits per heavy atom. The van der Waals surface area contributed by atoms with E-state index >= 15 is 0 Å². The number of amides is 1. The largest absolute Gasteiger partial charge is 0.361 e. The van der Waals surface area contributed by atoms with Gasteiger partial charge in [0.25, 0.3) is 5.91 Å². The summed E-state index contributed by atoms with van der Waals surface area (Å²) in [6.45, 7) is 2.99. The van der Waals surface area contributed by atoms with Crippen LogP contribution >= 0.6 is 11.8 Å². The standard InChI is InChI=1S/C28H25N5O2S/c1-20-16-24(32-35-20)19-36-28-26(8-4-13-29-28)27(34)30-17-23-6-2-3-7-25(23)22-11-9-21(10-12-22)18-33-15-5-14-31-33/h2-16H,17-19H2,1H3,(H,30,34). The Balaban J connectivity index is 1.26. The molecule has 0 bridgehead atoms. The zero-order valence-electron chi connectivity index (χ0n) is 19.8. The first-order valence-electron chi connectivity index (χ1n) is 11.6. The lowest BCUT2D eigenvalue weighted by atomic mass is 9.98. The summed E-state index contributed by atoms with van der Waals surface area (Å²) in [6, 6.07) is 23.9. The van der Waals surface area contributed by atoms with Gasteiger partial charge < -0.3 is 9.84 Å². The minimum atomic E-state index is -0.161. The van der Waals surface area contributed by atoms with Crippen molar-refractivity contribution in [1.82, 2.24) is 25.2 Å². The van der Waals surface area contributed by atoms with E-state index in [1.165, 1.54) is 17.3 Å². The Hall–Kier alpha value is -4.17. The van der Waals surface area contributed by atoms with Crippen molar-refractivity contribution in [3.05, 3.63) is 120 Å². The van der Waals surface area contributed by atoms with Crippen molar-refractivity contribution in [1.29, 1.82) is 0 Å². The van der Waals surface area contributed by atoms with Gasteiger partial charge in [-0.25, -0.2) is 4.98 Å². The topological polar surface area (TPSA) is 85.8 Å². The second kappa shape index (κ2) is 11.0. The predicted molar refractivity (Wildman–Crippen MR) is 139 cm³/mol. The molecular weight excluding hydrogens is 470 g/mol. The molecule has 3 heterocycles. The first-order valence-corrected chi connectivity index (χ1v) is 12.6. The second-order valence-corrected chi connectivity index (χ2v) is 9.28. The quantitative estimate of drug-likeness (QED) is 0.271. The second-order valence-electron chi connectivity index (χ2n) is 8.31. The third kappa shape index (κ3) is 5.72. The summed E-state index contributed by atoms with van der Waals surface area (Å²) < 4.78 is 7.03. The van der Waals surface area contributed by atoms with Crippen LogP contribution in [0, 0.1) is 6.92 Å². The van der Waals surface area contributed by atoms with E-state index in [0.29, 0.717) is 22.9 Å². The Labute approximate surface area is 213 Å². The number of benzene rings is 2. The molecule has 0 unspecified atom stereocenters. The lowest BCUT2D eigenvalue weighted by Gasteiger charge is -2.13. The number of nitrogens with zero attached hydrogens (tertiary/aromatic N) is 4. The van der Waals surface area contributed by atoms with E-state index in [1.807, 2.05) is 48.1 Å². The monoisotopic (exact) mass is 495 g/mol. The van der Waals surface area contributed by atoms with Crippen molar-refractivity contribution in [2.24, 2.45) is 0 Å². The molecule has 5 rings (SSSR count). The fourth-order valence-corrected chi connectivity index (χ4v) is 4.78. The van der Waals surface area contributed by atoms with Crippen LogP contribution in [0.15, 0.2) is 101 Å². The summed E-state index contributed by atoms with van der Waals surface area (Å²) in [5.41, 5.74) is 5.77. The molecule has 36 heavy (non-hydrogen) atoms. The summed E-state index contributed by atoms with van der Waals surface area (Å²) in [6.07, 6.45) is 5.43. The number of rotatable bonds is 9.